The Morgan fingerprint density at radius 3 is 2.67 bits per heavy atom. The minimum absolute atomic E-state index is 0.0650. The molecule has 0 aliphatic rings. The highest BCUT2D eigenvalue weighted by atomic mass is 16.1. The van der Waals surface area contributed by atoms with Gasteiger partial charge in [0, 0.05) is 12.2 Å². The maximum atomic E-state index is 12.0. The first-order chi connectivity index (χ1) is 10.2. The molecule has 2 aromatic rings. The average molecular weight is 279 g/mol. The van der Waals surface area contributed by atoms with Gasteiger partial charge in [0.25, 0.3) is 5.91 Å². The summed E-state index contributed by atoms with van der Waals surface area (Å²) in [5.74, 6) is -0.208. The second-order valence-electron chi connectivity index (χ2n) is 4.94. The molecule has 1 amide bonds. The fourth-order valence-corrected chi connectivity index (χ4v) is 1.99. The quantitative estimate of drug-likeness (QED) is 0.915. The summed E-state index contributed by atoms with van der Waals surface area (Å²) in [6, 6.07) is 15.4. The summed E-state index contributed by atoms with van der Waals surface area (Å²) in [4.78, 5) is 16.0. The van der Waals surface area contributed by atoms with Crippen molar-refractivity contribution in [1.29, 1.82) is 5.26 Å². The van der Waals surface area contributed by atoms with E-state index in [1.54, 1.807) is 12.1 Å². The molecule has 1 N–H and O–H groups in total. The minimum Gasteiger partial charge on any atom is -0.348 e. The van der Waals surface area contributed by atoms with Gasteiger partial charge in [0.05, 0.1) is 5.56 Å². The topological polar surface area (TPSA) is 65.8 Å². The molecule has 106 valence electrons. The van der Waals surface area contributed by atoms with E-state index in [1.807, 2.05) is 31.2 Å². The van der Waals surface area contributed by atoms with E-state index in [9.17, 15) is 4.79 Å². The Bertz CT molecular complexity index is 629. The first-order valence-corrected chi connectivity index (χ1v) is 6.90. The molecule has 4 heteroatoms. The van der Waals surface area contributed by atoms with Crippen molar-refractivity contribution in [1.82, 2.24) is 10.3 Å². The minimum atomic E-state index is -0.208. The Balaban J connectivity index is 1.85. The molecule has 0 bridgehead atoms. The van der Waals surface area contributed by atoms with Crippen LogP contribution in [0.5, 0.6) is 0 Å². The smallest absolute Gasteiger partial charge is 0.270 e. The number of rotatable bonds is 5. The molecule has 0 saturated heterocycles. The van der Waals surface area contributed by atoms with E-state index in [-0.39, 0.29) is 11.9 Å². The van der Waals surface area contributed by atoms with Gasteiger partial charge in [0.15, 0.2) is 0 Å². The van der Waals surface area contributed by atoms with Crippen LogP contribution in [0.3, 0.4) is 0 Å². The predicted octanol–water partition coefficient (Wildman–Crippen LogP) is 2.70. The highest BCUT2D eigenvalue weighted by Gasteiger charge is 2.11. The van der Waals surface area contributed by atoms with Crippen molar-refractivity contribution in [2.24, 2.45) is 0 Å². The predicted molar refractivity (Wildman–Crippen MR) is 80.6 cm³/mol. The third kappa shape index (κ3) is 4.43. The number of nitrogens with one attached hydrogen (secondary N) is 1. The van der Waals surface area contributed by atoms with E-state index in [1.165, 1.54) is 11.8 Å². The van der Waals surface area contributed by atoms with Gasteiger partial charge in [-0.2, -0.15) is 5.26 Å². The zero-order valence-electron chi connectivity index (χ0n) is 11.9. The number of benzene rings is 1. The van der Waals surface area contributed by atoms with Crippen molar-refractivity contribution < 1.29 is 4.79 Å². The molecular weight excluding hydrogens is 262 g/mol. The van der Waals surface area contributed by atoms with Gasteiger partial charge in [-0.25, -0.2) is 4.98 Å². The summed E-state index contributed by atoms with van der Waals surface area (Å²) >= 11 is 0. The molecule has 1 atom stereocenters. The van der Waals surface area contributed by atoms with Gasteiger partial charge >= 0.3 is 0 Å². The summed E-state index contributed by atoms with van der Waals surface area (Å²) in [6.07, 6.45) is 3.19. The number of aromatic nitrogens is 1. The van der Waals surface area contributed by atoms with Gasteiger partial charge in [-0.15, -0.1) is 0 Å². The molecule has 1 aromatic carbocycles. The molecule has 0 spiro atoms. The fraction of sp³-hybridized carbons (Fsp3) is 0.235. The maximum Gasteiger partial charge on any atom is 0.270 e. The molecule has 0 aliphatic heterocycles. The normalized spacial score (nSPS) is 11.4. The number of hydrogen-bond donors (Lipinski definition) is 1. The summed E-state index contributed by atoms with van der Waals surface area (Å²) in [6.45, 7) is 1.98. The molecule has 0 saturated carbocycles. The molecule has 4 nitrogen and oxygen atoms in total. The summed E-state index contributed by atoms with van der Waals surface area (Å²) < 4.78 is 0. The second kappa shape index (κ2) is 7.20. The van der Waals surface area contributed by atoms with Crippen LogP contribution in [0, 0.1) is 11.3 Å². The molecule has 0 aliphatic carbocycles. The van der Waals surface area contributed by atoms with Crippen LogP contribution in [0.15, 0.2) is 48.7 Å². The van der Waals surface area contributed by atoms with Crippen LogP contribution in [-0.2, 0) is 6.42 Å². The van der Waals surface area contributed by atoms with E-state index < -0.39 is 0 Å². The summed E-state index contributed by atoms with van der Waals surface area (Å²) in [5.41, 5.74) is 2.04. The monoisotopic (exact) mass is 279 g/mol. The Labute approximate surface area is 124 Å². The molecule has 0 radical (unpaired) electrons. The molecule has 21 heavy (non-hydrogen) atoms. The van der Waals surface area contributed by atoms with Crippen LogP contribution in [0.4, 0.5) is 0 Å². The van der Waals surface area contributed by atoms with Crippen LogP contribution in [-0.4, -0.2) is 16.9 Å². The Morgan fingerprint density at radius 2 is 2.05 bits per heavy atom. The van der Waals surface area contributed by atoms with E-state index in [4.69, 9.17) is 5.26 Å². The second-order valence-corrected chi connectivity index (χ2v) is 4.94. The lowest BCUT2D eigenvalue weighted by Gasteiger charge is -2.13. The van der Waals surface area contributed by atoms with Crippen molar-refractivity contribution in [3.8, 4) is 6.07 Å². The Hall–Kier alpha value is -2.67. The molecule has 1 unspecified atom stereocenters. The van der Waals surface area contributed by atoms with Gasteiger partial charge in [-0.1, -0.05) is 30.3 Å². The van der Waals surface area contributed by atoms with Crippen LogP contribution in [0.2, 0.25) is 0 Å². The molecule has 1 aromatic heterocycles. The molecule has 0 fully saturated rings. The maximum absolute atomic E-state index is 12.0. The van der Waals surface area contributed by atoms with Crippen LogP contribution in [0.1, 0.15) is 35.0 Å². The third-order valence-electron chi connectivity index (χ3n) is 3.21. The van der Waals surface area contributed by atoms with Gasteiger partial charge in [-0.3, -0.25) is 4.79 Å². The molecule has 1 heterocycles. The van der Waals surface area contributed by atoms with Crippen molar-refractivity contribution in [3.05, 3.63) is 65.5 Å². The van der Waals surface area contributed by atoms with Crippen molar-refractivity contribution in [2.45, 2.75) is 25.8 Å². The van der Waals surface area contributed by atoms with Crippen molar-refractivity contribution in [3.63, 3.8) is 0 Å². The number of amides is 1. The molecule has 2 rings (SSSR count). The van der Waals surface area contributed by atoms with Gasteiger partial charge < -0.3 is 5.32 Å². The number of pyridine rings is 1. The summed E-state index contributed by atoms with van der Waals surface area (Å²) in [7, 11) is 0. The van der Waals surface area contributed by atoms with E-state index in [0.717, 1.165) is 12.8 Å². The van der Waals surface area contributed by atoms with Crippen LogP contribution in [0.25, 0.3) is 0 Å². The van der Waals surface area contributed by atoms with E-state index in [2.05, 4.69) is 22.4 Å². The van der Waals surface area contributed by atoms with Crippen LogP contribution < -0.4 is 5.32 Å². The number of nitrogens with zero attached hydrogens (tertiary/aromatic N) is 2. The fourth-order valence-electron chi connectivity index (χ4n) is 1.99. The standard InChI is InChI=1S/C17H17N3O/c1-13(7-8-14-5-3-2-4-6-14)20-17(21)16-10-9-15(11-18)12-19-16/h2-6,9-10,12-13H,7-8H2,1H3,(H,20,21). The van der Waals surface area contributed by atoms with Crippen molar-refractivity contribution in [2.75, 3.05) is 0 Å². The number of nitriles is 1. The highest BCUT2D eigenvalue weighted by molar-refractivity contribution is 5.92. The number of hydrogen-bond acceptors (Lipinski definition) is 3. The lowest BCUT2D eigenvalue weighted by Crippen LogP contribution is -2.33. The first kappa shape index (κ1) is 14.7. The van der Waals surface area contributed by atoms with Crippen molar-refractivity contribution >= 4 is 5.91 Å². The SMILES string of the molecule is CC(CCc1ccccc1)NC(=O)c1ccc(C#N)cn1. The molecular formula is C17H17N3O. The highest BCUT2D eigenvalue weighted by Crippen LogP contribution is 2.06. The first-order valence-electron chi connectivity index (χ1n) is 6.90. The number of carbonyl (C=O) groups excluding carboxylic acids is 1. The number of aryl methyl sites for hydroxylation is 1. The van der Waals surface area contributed by atoms with Crippen LogP contribution >= 0.6 is 0 Å². The zero-order valence-corrected chi connectivity index (χ0v) is 11.9. The lowest BCUT2D eigenvalue weighted by atomic mass is 10.1. The van der Waals surface area contributed by atoms with Gasteiger partial charge in [0.2, 0.25) is 0 Å². The lowest BCUT2D eigenvalue weighted by molar-refractivity contribution is 0.0933. The van der Waals surface area contributed by atoms with Gasteiger partial charge in [0.1, 0.15) is 11.8 Å². The van der Waals surface area contributed by atoms with E-state index >= 15 is 0 Å². The van der Waals surface area contributed by atoms with E-state index in [0.29, 0.717) is 11.3 Å². The largest absolute Gasteiger partial charge is 0.348 e. The summed E-state index contributed by atoms with van der Waals surface area (Å²) in [5, 5.41) is 11.6. The average Bonchev–Trinajstić information content (AvgIpc) is 2.54. The zero-order chi connectivity index (χ0) is 15.1. The Morgan fingerprint density at radius 1 is 1.29 bits per heavy atom. The van der Waals surface area contributed by atoms with Gasteiger partial charge in [-0.05, 0) is 37.5 Å². The Kier molecular flexibility index (Phi) is 5.05. The third-order valence-corrected chi connectivity index (χ3v) is 3.21. The number of carbonyl (C=O) groups is 1.